The van der Waals surface area contributed by atoms with Crippen LogP contribution in [-0.4, -0.2) is 12.4 Å². The summed E-state index contributed by atoms with van der Waals surface area (Å²) in [7, 11) is 0. The molecule has 0 amide bonds. The zero-order chi connectivity index (χ0) is 10.6. The SMILES string of the molecule is CC(C)c1ccc(OCC(=N)N)cc1.Cl. The van der Waals surface area contributed by atoms with Crippen LogP contribution < -0.4 is 10.5 Å². The lowest BCUT2D eigenvalue weighted by molar-refractivity contribution is 0.374. The summed E-state index contributed by atoms with van der Waals surface area (Å²) in [5, 5.41) is 7.01. The van der Waals surface area contributed by atoms with Crippen LogP contribution in [0.3, 0.4) is 0 Å². The fourth-order valence-corrected chi connectivity index (χ4v) is 1.11. The molecule has 0 aliphatic carbocycles. The molecule has 0 unspecified atom stereocenters. The normalized spacial score (nSPS) is 9.53. The third-order valence-electron chi connectivity index (χ3n) is 1.94. The maximum atomic E-state index is 7.01. The highest BCUT2D eigenvalue weighted by atomic mass is 35.5. The van der Waals surface area contributed by atoms with E-state index in [0.717, 1.165) is 5.75 Å². The monoisotopic (exact) mass is 228 g/mol. The summed E-state index contributed by atoms with van der Waals surface area (Å²) in [6, 6.07) is 7.86. The Kier molecular flexibility index (Phi) is 5.79. The third-order valence-corrected chi connectivity index (χ3v) is 1.94. The first-order valence-electron chi connectivity index (χ1n) is 4.65. The molecule has 4 heteroatoms. The van der Waals surface area contributed by atoms with E-state index in [2.05, 4.69) is 13.8 Å². The van der Waals surface area contributed by atoms with Gasteiger partial charge in [-0.15, -0.1) is 12.4 Å². The van der Waals surface area contributed by atoms with Gasteiger partial charge in [0.2, 0.25) is 0 Å². The highest BCUT2D eigenvalue weighted by molar-refractivity contribution is 5.85. The van der Waals surface area contributed by atoms with Crippen molar-refractivity contribution in [2.75, 3.05) is 6.61 Å². The fourth-order valence-electron chi connectivity index (χ4n) is 1.11. The van der Waals surface area contributed by atoms with Crippen molar-refractivity contribution >= 4 is 18.2 Å². The Hall–Kier alpha value is -1.22. The van der Waals surface area contributed by atoms with Crippen LogP contribution >= 0.6 is 12.4 Å². The summed E-state index contributed by atoms with van der Waals surface area (Å²) in [6.07, 6.45) is 0. The summed E-state index contributed by atoms with van der Waals surface area (Å²) in [4.78, 5) is 0. The topological polar surface area (TPSA) is 59.1 Å². The molecule has 0 heterocycles. The van der Waals surface area contributed by atoms with Gasteiger partial charge in [0.15, 0.2) is 0 Å². The first kappa shape index (κ1) is 13.8. The van der Waals surface area contributed by atoms with Gasteiger partial charge in [-0.2, -0.15) is 0 Å². The smallest absolute Gasteiger partial charge is 0.145 e. The van der Waals surface area contributed by atoms with Crippen LogP contribution in [0.15, 0.2) is 24.3 Å². The Morgan fingerprint density at radius 2 is 1.87 bits per heavy atom. The second-order valence-corrected chi connectivity index (χ2v) is 3.54. The minimum atomic E-state index is 0. The molecule has 0 saturated heterocycles. The molecule has 0 aliphatic rings. The minimum Gasteiger partial charge on any atom is -0.486 e. The molecule has 0 saturated carbocycles. The molecular weight excluding hydrogens is 212 g/mol. The van der Waals surface area contributed by atoms with Crippen molar-refractivity contribution in [3.63, 3.8) is 0 Å². The number of benzene rings is 1. The molecule has 0 aliphatic heterocycles. The fraction of sp³-hybridized carbons (Fsp3) is 0.364. The van der Waals surface area contributed by atoms with Crippen LogP contribution in [0.25, 0.3) is 0 Å². The average molecular weight is 229 g/mol. The predicted molar refractivity (Wildman–Crippen MR) is 65.2 cm³/mol. The van der Waals surface area contributed by atoms with E-state index in [1.54, 1.807) is 0 Å². The maximum Gasteiger partial charge on any atom is 0.145 e. The van der Waals surface area contributed by atoms with Gasteiger partial charge in [-0.05, 0) is 23.6 Å². The molecule has 1 rings (SSSR count). The quantitative estimate of drug-likeness (QED) is 0.615. The standard InChI is InChI=1S/C11H16N2O.ClH/c1-8(2)9-3-5-10(6-4-9)14-7-11(12)13;/h3-6,8H,7H2,1-2H3,(H3,12,13);1H. The summed E-state index contributed by atoms with van der Waals surface area (Å²) in [5.74, 6) is 1.32. The zero-order valence-electron chi connectivity index (χ0n) is 8.99. The van der Waals surface area contributed by atoms with Gasteiger partial charge in [-0.1, -0.05) is 26.0 Å². The van der Waals surface area contributed by atoms with Crippen molar-refractivity contribution in [2.24, 2.45) is 5.73 Å². The molecular formula is C11H17ClN2O. The van der Waals surface area contributed by atoms with Gasteiger partial charge in [0.25, 0.3) is 0 Å². The molecule has 0 aromatic heterocycles. The Morgan fingerprint density at radius 3 is 2.27 bits per heavy atom. The van der Waals surface area contributed by atoms with Crippen LogP contribution in [0.4, 0.5) is 0 Å². The van der Waals surface area contributed by atoms with E-state index in [0.29, 0.717) is 5.92 Å². The van der Waals surface area contributed by atoms with Crippen LogP contribution in [0.2, 0.25) is 0 Å². The van der Waals surface area contributed by atoms with E-state index >= 15 is 0 Å². The van der Waals surface area contributed by atoms with Crippen molar-refractivity contribution in [1.29, 1.82) is 5.41 Å². The second kappa shape index (κ2) is 6.30. The Bertz CT molecular complexity index is 309. The number of amidine groups is 1. The van der Waals surface area contributed by atoms with Gasteiger partial charge in [0.05, 0.1) is 0 Å². The number of nitrogens with one attached hydrogen (secondary N) is 1. The number of hydrogen-bond acceptors (Lipinski definition) is 2. The first-order chi connectivity index (χ1) is 6.59. The van der Waals surface area contributed by atoms with E-state index in [1.165, 1.54) is 5.56 Å². The van der Waals surface area contributed by atoms with E-state index in [-0.39, 0.29) is 24.8 Å². The van der Waals surface area contributed by atoms with E-state index in [4.69, 9.17) is 15.9 Å². The Labute approximate surface area is 96.5 Å². The highest BCUT2D eigenvalue weighted by Crippen LogP contribution is 2.18. The number of nitrogens with two attached hydrogens (primary N) is 1. The molecule has 84 valence electrons. The lowest BCUT2D eigenvalue weighted by Crippen LogP contribution is -2.19. The van der Waals surface area contributed by atoms with Crippen LogP contribution in [0.5, 0.6) is 5.75 Å². The summed E-state index contributed by atoms with van der Waals surface area (Å²) >= 11 is 0. The summed E-state index contributed by atoms with van der Waals surface area (Å²) < 4.78 is 5.25. The lowest BCUT2D eigenvalue weighted by atomic mass is 10.0. The minimum absolute atomic E-state index is 0. The number of rotatable bonds is 4. The molecule has 3 N–H and O–H groups in total. The van der Waals surface area contributed by atoms with Crippen molar-refractivity contribution in [3.8, 4) is 5.75 Å². The molecule has 0 spiro atoms. The third kappa shape index (κ3) is 4.70. The van der Waals surface area contributed by atoms with E-state index in [1.807, 2.05) is 24.3 Å². The van der Waals surface area contributed by atoms with E-state index in [9.17, 15) is 0 Å². The van der Waals surface area contributed by atoms with Gasteiger partial charge in [-0.25, -0.2) is 0 Å². The number of ether oxygens (including phenoxy) is 1. The molecule has 0 bridgehead atoms. The number of hydrogen-bond donors (Lipinski definition) is 2. The molecule has 0 atom stereocenters. The predicted octanol–water partition coefficient (Wildman–Crippen LogP) is 2.55. The van der Waals surface area contributed by atoms with Crippen LogP contribution in [0.1, 0.15) is 25.3 Å². The van der Waals surface area contributed by atoms with Gasteiger partial charge in [-0.3, -0.25) is 5.41 Å². The van der Waals surface area contributed by atoms with Crippen molar-refractivity contribution in [3.05, 3.63) is 29.8 Å². The largest absolute Gasteiger partial charge is 0.486 e. The summed E-state index contributed by atoms with van der Waals surface area (Å²) in [5.41, 5.74) is 6.45. The molecule has 1 aromatic carbocycles. The summed E-state index contributed by atoms with van der Waals surface area (Å²) in [6.45, 7) is 4.44. The van der Waals surface area contributed by atoms with Gasteiger partial charge in [0, 0.05) is 0 Å². The lowest BCUT2D eigenvalue weighted by Gasteiger charge is -2.07. The van der Waals surface area contributed by atoms with Crippen molar-refractivity contribution in [2.45, 2.75) is 19.8 Å². The molecule has 0 fully saturated rings. The molecule has 15 heavy (non-hydrogen) atoms. The molecule has 3 nitrogen and oxygen atoms in total. The molecule has 1 aromatic rings. The van der Waals surface area contributed by atoms with Crippen LogP contribution in [-0.2, 0) is 0 Å². The molecule has 0 radical (unpaired) electrons. The maximum absolute atomic E-state index is 7.01. The average Bonchev–Trinajstić information content (AvgIpc) is 2.15. The Balaban J connectivity index is 0.00000196. The van der Waals surface area contributed by atoms with E-state index < -0.39 is 0 Å². The van der Waals surface area contributed by atoms with Crippen LogP contribution in [0, 0.1) is 5.41 Å². The number of halogens is 1. The van der Waals surface area contributed by atoms with Gasteiger partial charge >= 0.3 is 0 Å². The zero-order valence-corrected chi connectivity index (χ0v) is 9.80. The van der Waals surface area contributed by atoms with Crippen molar-refractivity contribution in [1.82, 2.24) is 0 Å². The highest BCUT2D eigenvalue weighted by Gasteiger charge is 1.99. The van der Waals surface area contributed by atoms with Gasteiger partial charge < -0.3 is 10.5 Å². The van der Waals surface area contributed by atoms with Gasteiger partial charge in [0.1, 0.15) is 18.2 Å². The Morgan fingerprint density at radius 1 is 1.33 bits per heavy atom. The first-order valence-corrected chi connectivity index (χ1v) is 4.65. The second-order valence-electron chi connectivity index (χ2n) is 3.54. The van der Waals surface area contributed by atoms with Crippen molar-refractivity contribution < 1.29 is 4.74 Å².